The van der Waals surface area contributed by atoms with Gasteiger partial charge in [-0.2, -0.15) is 0 Å². The molecule has 0 radical (unpaired) electrons. The Hall–Kier alpha value is -2.64. The van der Waals surface area contributed by atoms with E-state index in [4.69, 9.17) is 13.9 Å². The number of hydrogen-bond donors (Lipinski definition) is 0. The van der Waals surface area contributed by atoms with Gasteiger partial charge in [-0.05, 0) is 24.1 Å². The minimum Gasteiger partial charge on any atom is -0.467 e. The van der Waals surface area contributed by atoms with Gasteiger partial charge in [-0.1, -0.05) is 30.3 Å². The van der Waals surface area contributed by atoms with Crippen molar-refractivity contribution in [3.63, 3.8) is 0 Å². The van der Waals surface area contributed by atoms with Gasteiger partial charge in [0.05, 0.1) is 26.0 Å². The van der Waals surface area contributed by atoms with Gasteiger partial charge in [0.2, 0.25) is 11.8 Å². The largest absolute Gasteiger partial charge is 0.467 e. The molecule has 0 unspecified atom stereocenters. The molecule has 7 nitrogen and oxygen atoms in total. The minimum atomic E-state index is -0.242. The Morgan fingerprint density at radius 3 is 2.36 bits per heavy atom. The van der Waals surface area contributed by atoms with Crippen LogP contribution in [0.15, 0.2) is 53.1 Å². The van der Waals surface area contributed by atoms with E-state index in [-0.39, 0.29) is 25.0 Å². The summed E-state index contributed by atoms with van der Waals surface area (Å²) in [5, 5.41) is 0. The van der Waals surface area contributed by atoms with Crippen molar-refractivity contribution in [3.05, 3.63) is 60.1 Å². The normalized spacial score (nSPS) is 10.6. The van der Waals surface area contributed by atoms with E-state index in [1.165, 1.54) is 12.0 Å². The Balaban J connectivity index is 2.05. The van der Waals surface area contributed by atoms with Crippen LogP contribution in [0.3, 0.4) is 0 Å². The lowest BCUT2D eigenvalue weighted by molar-refractivity contribution is -0.143. The number of benzene rings is 1. The minimum absolute atomic E-state index is 0.0267. The number of hydrogen-bond acceptors (Lipinski definition) is 5. The number of amides is 2. The lowest BCUT2D eigenvalue weighted by Gasteiger charge is -2.27. The van der Waals surface area contributed by atoms with Crippen LogP contribution in [0.5, 0.6) is 0 Å². The first-order valence-corrected chi connectivity index (χ1v) is 9.23. The molecule has 0 saturated heterocycles. The Bertz CT molecular complexity index is 703. The van der Waals surface area contributed by atoms with E-state index in [0.717, 1.165) is 12.0 Å². The summed E-state index contributed by atoms with van der Waals surface area (Å²) in [6.07, 6.45) is 2.31. The highest BCUT2D eigenvalue weighted by Gasteiger charge is 2.22. The molecule has 28 heavy (non-hydrogen) atoms. The average Bonchev–Trinajstić information content (AvgIpc) is 3.22. The van der Waals surface area contributed by atoms with Crippen molar-refractivity contribution < 1.29 is 23.5 Å². The molecule has 0 aliphatic heterocycles. The molecule has 0 fully saturated rings. The number of carbonyl (C=O) groups is 2. The Kier molecular flexibility index (Phi) is 9.24. The van der Waals surface area contributed by atoms with Crippen LogP contribution in [0.1, 0.15) is 11.3 Å². The molecule has 2 rings (SSSR count). The second-order valence-electron chi connectivity index (χ2n) is 6.37. The first-order valence-electron chi connectivity index (χ1n) is 9.23. The quantitative estimate of drug-likeness (QED) is 0.556. The van der Waals surface area contributed by atoms with Crippen LogP contribution in [0.4, 0.5) is 0 Å². The van der Waals surface area contributed by atoms with E-state index in [2.05, 4.69) is 0 Å². The molecule has 0 aliphatic carbocycles. The summed E-state index contributed by atoms with van der Waals surface area (Å²) in [6, 6.07) is 13.6. The molecule has 0 N–H and O–H groups in total. The summed E-state index contributed by atoms with van der Waals surface area (Å²) in [5.41, 5.74) is 1.14. The summed E-state index contributed by atoms with van der Waals surface area (Å²) >= 11 is 0. The monoisotopic (exact) mass is 388 g/mol. The average molecular weight is 388 g/mol. The van der Waals surface area contributed by atoms with Crippen LogP contribution in [0.25, 0.3) is 0 Å². The Labute approximate surface area is 165 Å². The van der Waals surface area contributed by atoms with Gasteiger partial charge in [0.25, 0.3) is 0 Å². The van der Waals surface area contributed by atoms with E-state index in [9.17, 15) is 9.59 Å². The number of carbonyl (C=O) groups excluding carboxylic acids is 2. The molecule has 1 heterocycles. The molecule has 1 aromatic carbocycles. The smallest absolute Gasteiger partial charge is 0.249 e. The third kappa shape index (κ3) is 7.17. The van der Waals surface area contributed by atoms with Crippen LogP contribution in [-0.4, -0.2) is 68.7 Å². The molecule has 1 aromatic heterocycles. The van der Waals surface area contributed by atoms with Crippen molar-refractivity contribution >= 4 is 11.8 Å². The summed E-state index contributed by atoms with van der Waals surface area (Å²) in [6.45, 7) is 1.47. The van der Waals surface area contributed by atoms with Crippen LogP contribution in [0, 0.1) is 0 Å². The summed E-state index contributed by atoms with van der Waals surface area (Å²) in [7, 11) is 3.02. The van der Waals surface area contributed by atoms with Crippen molar-refractivity contribution in [1.82, 2.24) is 9.80 Å². The molecular weight excluding hydrogens is 360 g/mol. The summed E-state index contributed by atoms with van der Waals surface area (Å²) < 4.78 is 15.4. The van der Waals surface area contributed by atoms with Crippen LogP contribution < -0.4 is 0 Å². The molecule has 0 saturated carbocycles. The lowest BCUT2D eigenvalue weighted by atomic mass is 10.1. The Morgan fingerprint density at radius 2 is 1.71 bits per heavy atom. The zero-order valence-electron chi connectivity index (χ0n) is 16.5. The molecule has 0 spiro atoms. The molecule has 152 valence electrons. The highest BCUT2D eigenvalue weighted by atomic mass is 16.5. The van der Waals surface area contributed by atoms with E-state index in [1.54, 1.807) is 24.3 Å². The molecule has 0 bridgehead atoms. The summed E-state index contributed by atoms with van der Waals surface area (Å²) in [4.78, 5) is 28.4. The third-order valence-corrected chi connectivity index (χ3v) is 4.30. The molecule has 2 aromatic rings. The molecular formula is C21H28N2O5. The highest BCUT2D eigenvalue weighted by Crippen LogP contribution is 2.09. The third-order valence-electron chi connectivity index (χ3n) is 4.30. The molecule has 7 heteroatoms. The van der Waals surface area contributed by atoms with Gasteiger partial charge < -0.3 is 23.7 Å². The van der Waals surface area contributed by atoms with E-state index >= 15 is 0 Å². The SMILES string of the molecule is COCCN(CC(=O)N(CCc1ccccc1)Cc1ccco1)C(=O)COC. The molecule has 0 atom stereocenters. The number of rotatable bonds is 12. The van der Waals surface area contributed by atoms with Gasteiger partial charge in [-0.15, -0.1) is 0 Å². The van der Waals surface area contributed by atoms with Crippen molar-refractivity contribution in [2.24, 2.45) is 0 Å². The first kappa shape index (κ1) is 21.7. The van der Waals surface area contributed by atoms with Crippen molar-refractivity contribution in [2.45, 2.75) is 13.0 Å². The fourth-order valence-corrected chi connectivity index (χ4v) is 2.76. The maximum absolute atomic E-state index is 13.0. The van der Waals surface area contributed by atoms with Gasteiger partial charge in [0.15, 0.2) is 0 Å². The van der Waals surface area contributed by atoms with Gasteiger partial charge in [-0.3, -0.25) is 9.59 Å². The fourth-order valence-electron chi connectivity index (χ4n) is 2.76. The van der Waals surface area contributed by atoms with Crippen LogP contribution >= 0.6 is 0 Å². The molecule has 2 amide bonds. The second-order valence-corrected chi connectivity index (χ2v) is 6.37. The predicted molar refractivity (Wildman–Crippen MR) is 105 cm³/mol. The van der Waals surface area contributed by atoms with Gasteiger partial charge >= 0.3 is 0 Å². The van der Waals surface area contributed by atoms with Crippen molar-refractivity contribution in [2.75, 3.05) is 47.1 Å². The lowest BCUT2D eigenvalue weighted by Crippen LogP contribution is -2.45. The highest BCUT2D eigenvalue weighted by molar-refractivity contribution is 5.85. The maximum Gasteiger partial charge on any atom is 0.249 e. The number of ether oxygens (including phenoxy) is 2. The number of furan rings is 1. The van der Waals surface area contributed by atoms with E-state index in [1.807, 2.05) is 36.4 Å². The Morgan fingerprint density at radius 1 is 0.929 bits per heavy atom. The predicted octanol–water partition coefficient (Wildman–Crippen LogP) is 1.97. The number of methoxy groups -OCH3 is 2. The zero-order chi connectivity index (χ0) is 20.2. The van der Waals surface area contributed by atoms with Gasteiger partial charge in [0.1, 0.15) is 12.4 Å². The van der Waals surface area contributed by atoms with Crippen LogP contribution in [-0.2, 0) is 32.0 Å². The van der Waals surface area contributed by atoms with Gasteiger partial charge in [-0.25, -0.2) is 0 Å². The van der Waals surface area contributed by atoms with Crippen molar-refractivity contribution in [1.29, 1.82) is 0 Å². The summed E-state index contributed by atoms with van der Waals surface area (Å²) in [5.74, 6) is 0.315. The molecule has 0 aliphatic rings. The van der Waals surface area contributed by atoms with E-state index in [0.29, 0.717) is 32.0 Å². The standard InChI is InChI=1S/C21H28N2O5/c1-26-14-12-23(21(25)17-27-2)16-20(24)22(15-19-9-6-13-28-19)11-10-18-7-4-3-5-8-18/h3-9,13H,10-12,14-17H2,1-2H3. The topological polar surface area (TPSA) is 72.2 Å². The van der Waals surface area contributed by atoms with Crippen molar-refractivity contribution in [3.8, 4) is 0 Å². The zero-order valence-corrected chi connectivity index (χ0v) is 16.5. The first-order chi connectivity index (χ1) is 13.6. The fraction of sp³-hybridized carbons (Fsp3) is 0.429. The van der Waals surface area contributed by atoms with Crippen LogP contribution in [0.2, 0.25) is 0 Å². The van der Waals surface area contributed by atoms with E-state index < -0.39 is 0 Å². The maximum atomic E-state index is 13.0. The number of nitrogens with zero attached hydrogens (tertiary/aromatic N) is 2. The van der Waals surface area contributed by atoms with Gasteiger partial charge in [0, 0.05) is 27.3 Å². The second kappa shape index (κ2) is 11.9.